The minimum absolute atomic E-state index is 0.0139. The Morgan fingerprint density at radius 3 is 1.75 bits per heavy atom. The smallest absolute Gasteiger partial charge is 0.157 e. The van der Waals surface area contributed by atoms with E-state index in [2.05, 4.69) is 6.92 Å². The van der Waals surface area contributed by atoms with Crippen molar-refractivity contribution in [3.63, 3.8) is 0 Å². The molecule has 0 saturated heterocycles. The van der Waals surface area contributed by atoms with Crippen molar-refractivity contribution in [2.45, 2.75) is 33.5 Å². The van der Waals surface area contributed by atoms with Crippen LogP contribution in [0.4, 0.5) is 0 Å². The molecule has 1 N–H and O–H groups in total. The fraction of sp³-hybridized carbons (Fsp3) is 1.00. The zero-order chi connectivity index (χ0) is 9.82. The average Bonchev–Trinajstić information content (AvgIpc) is 2.05. The number of hydrogen-bond acceptors (Lipinski definition) is 4. The second kappa shape index (κ2) is 12.9. The van der Waals surface area contributed by atoms with Crippen LogP contribution in [0.3, 0.4) is 0 Å². The monoisotopic (exact) mass is 179 g/mol. The van der Waals surface area contributed by atoms with Crippen LogP contribution in [0, 0.1) is 4.91 Å². The first-order chi connectivity index (χ1) is 5.76. The molecule has 74 valence electrons. The molecule has 0 atom stereocenters. The first-order valence-corrected chi connectivity index (χ1v) is 3.96. The van der Waals surface area contributed by atoms with Crippen molar-refractivity contribution in [3.05, 3.63) is 4.91 Å². The molecular formula is C7H17NO4. The lowest BCUT2D eigenvalue weighted by molar-refractivity contribution is -0.136. The predicted octanol–water partition coefficient (Wildman–Crippen LogP) is 1.94. The Morgan fingerprint density at radius 1 is 1.25 bits per heavy atom. The summed E-state index contributed by atoms with van der Waals surface area (Å²) in [6.45, 7) is 7.47. The Hall–Kier alpha value is -0.680. The third-order valence-electron chi connectivity index (χ3n) is 1.04. The molecule has 0 rings (SSSR count). The summed E-state index contributed by atoms with van der Waals surface area (Å²) < 4.78 is 10.4. The Labute approximate surface area is 72.6 Å². The third kappa shape index (κ3) is 12.0. The average molecular weight is 179 g/mol. The van der Waals surface area contributed by atoms with Gasteiger partial charge in [-0.3, -0.25) is 0 Å². The summed E-state index contributed by atoms with van der Waals surface area (Å²) in [5, 5.41) is 7.89. The summed E-state index contributed by atoms with van der Waals surface area (Å²) in [7, 11) is 0. The molecule has 0 aliphatic heterocycles. The molecule has 0 spiro atoms. The van der Waals surface area contributed by atoms with Gasteiger partial charge in [-0.2, -0.15) is 0 Å². The summed E-state index contributed by atoms with van der Waals surface area (Å²) in [5.41, 5.74) is 0. The maximum absolute atomic E-state index is 8.11. The van der Waals surface area contributed by atoms with Crippen molar-refractivity contribution in [1.29, 1.82) is 0 Å². The summed E-state index contributed by atoms with van der Waals surface area (Å²) in [4.78, 5) is 8.11. The van der Waals surface area contributed by atoms with E-state index in [-0.39, 0.29) is 6.29 Å². The van der Waals surface area contributed by atoms with E-state index in [4.69, 9.17) is 19.6 Å². The highest BCUT2D eigenvalue weighted by molar-refractivity contribution is 4.36. The first-order valence-electron chi connectivity index (χ1n) is 3.96. The Balaban J connectivity index is 0. The van der Waals surface area contributed by atoms with E-state index < -0.39 is 0 Å². The van der Waals surface area contributed by atoms with E-state index in [9.17, 15) is 0 Å². The van der Waals surface area contributed by atoms with Crippen LogP contribution in [0.15, 0.2) is 5.34 Å². The topological polar surface area (TPSA) is 68.1 Å². The second-order valence-corrected chi connectivity index (χ2v) is 1.83. The summed E-state index contributed by atoms with van der Waals surface area (Å²) >= 11 is 0. The fourth-order valence-corrected chi connectivity index (χ4v) is 0.656. The Bertz CT molecular complexity index is 83.5. The molecule has 0 bridgehead atoms. The van der Waals surface area contributed by atoms with E-state index in [0.717, 1.165) is 19.6 Å². The van der Waals surface area contributed by atoms with Crippen molar-refractivity contribution < 1.29 is 14.7 Å². The zero-order valence-corrected chi connectivity index (χ0v) is 7.82. The van der Waals surface area contributed by atoms with Crippen LogP contribution in [0.25, 0.3) is 0 Å². The summed E-state index contributed by atoms with van der Waals surface area (Å²) in [6, 6.07) is 0. The number of nitrogens with zero attached hydrogens (tertiary/aromatic N) is 1. The molecule has 0 heterocycles. The van der Waals surface area contributed by atoms with Gasteiger partial charge in [0.15, 0.2) is 11.6 Å². The molecular weight excluding hydrogens is 162 g/mol. The van der Waals surface area contributed by atoms with Gasteiger partial charge in [-0.15, -0.1) is 4.91 Å². The van der Waals surface area contributed by atoms with Gasteiger partial charge in [-0.1, -0.05) is 6.92 Å². The van der Waals surface area contributed by atoms with Crippen LogP contribution in [-0.2, 0) is 9.47 Å². The Morgan fingerprint density at radius 2 is 1.58 bits per heavy atom. The van der Waals surface area contributed by atoms with E-state index in [0.29, 0.717) is 0 Å². The molecule has 0 aromatic rings. The molecule has 0 fully saturated rings. The summed E-state index contributed by atoms with van der Waals surface area (Å²) in [5.74, 6) is 0. The van der Waals surface area contributed by atoms with Crippen LogP contribution < -0.4 is 0 Å². The van der Waals surface area contributed by atoms with Crippen LogP contribution in [0.1, 0.15) is 27.2 Å². The minimum atomic E-state index is 0.0139. The van der Waals surface area contributed by atoms with Gasteiger partial charge in [0.25, 0.3) is 0 Å². The Kier molecular flexibility index (Phi) is 15.0. The normalized spacial score (nSPS) is 9.00. The number of hydrogen-bond donors (Lipinski definition) is 1. The van der Waals surface area contributed by atoms with Crippen LogP contribution in [0.2, 0.25) is 0 Å². The third-order valence-corrected chi connectivity index (χ3v) is 1.04. The van der Waals surface area contributed by atoms with Gasteiger partial charge in [-0.25, -0.2) is 0 Å². The van der Waals surface area contributed by atoms with Crippen molar-refractivity contribution >= 4 is 0 Å². The molecule has 0 amide bonds. The minimum Gasteiger partial charge on any atom is -0.379 e. The molecule has 12 heavy (non-hydrogen) atoms. The lowest BCUT2D eigenvalue weighted by Crippen LogP contribution is -2.15. The van der Waals surface area contributed by atoms with Gasteiger partial charge in [0.2, 0.25) is 0 Å². The van der Waals surface area contributed by atoms with Crippen molar-refractivity contribution in [1.82, 2.24) is 0 Å². The van der Waals surface area contributed by atoms with Crippen molar-refractivity contribution in [3.8, 4) is 0 Å². The molecule has 0 saturated carbocycles. The highest BCUT2D eigenvalue weighted by atomic mass is 16.7. The van der Waals surface area contributed by atoms with Crippen molar-refractivity contribution in [2.75, 3.05) is 13.2 Å². The molecule has 5 nitrogen and oxygen atoms in total. The molecule has 0 aliphatic rings. The maximum atomic E-state index is 8.11. The highest BCUT2D eigenvalue weighted by Crippen LogP contribution is 1.98. The van der Waals surface area contributed by atoms with E-state index in [1.165, 1.54) is 5.34 Å². The first kappa shape index (κ1) is 13.9. The van der Waals surface area contributed by atoms with Gasteiger partial charge in [0, 0.05) is 13.2 Å². The predicted molar refractivity (Wildman–Crippen MR) is 44.9 cm³/mol. The SMILES string of the molecule is CCOC(CC)OCC.O=NO. The number of rotatable bonds is 5. The van der Waals surface area contributed by atoms with Crippen LogP contribution in [-0.4, -0.2) is 24.7 Å². The molecule has 0 unspecified atom stereocenters. The van der Waals surface area contributed by atoms with E-state index >= 15 is 0 Å². The van der Waals surface area contributed by atoms with Crippen molar-refractivity contribution in [2.24, 2.45) is 5.34 Å². The van der Waals surface area contributed by atoms with Gasteiger partial charge < -0.3 is 14.7 Å². The highest BCUT2D eigenvalue weighted by Gasteiger charge is 2.01. The second-order valence-electron chi connectivity index (χ2n) is 1.83. The largest absolute Gasteiger partial charge is 0.379 e. The lowest BCUT2D eigenvalue weighted by Gasteiger charge is -2.13. The van der Waals surface area contributed by atoms with E-state index in [1.807, 2.05) is 13.8 Å². The summed E-state index contributed by atoms with van der Waals surface area (Å²) in [6.07, 6.45) is 0.946. The zero-order valence-electron chi connectivity index (χ0n) is 7.82. The van der Waals surface area contributed by atoms with E-state index in [1.54, 1.807) is 0 Å². The molecule has 0 radical (unpaired) electrons. The fourth-order valence-electron chi connectivity index (χ4n) is 0.656. The molecule has 0 aliphatic carbocycles. The van der Waals surface area contributed by atoms with Gasteiger partial charge in [0.05, 0.1) is 0 Å². The molecule has 5 heteroatoms. The van der Waals surface area contributed by atoms with Gasteiger partial charge >= 0.3 is 0 Å². The standard InChI is InChI=1S/C7H16O2.HNO2/c1-4-7(8-5-2)9-6-3;2-1-3/h7H,4-6H2,1-3H3;(H,2,3). The van der Waals surface area contributed by atoms with Gasteiger partial charge in [-0.05, 0) is 20.3 Å². The molecule has 0 aromatic heterocycles. The lowest BCUT2D eigenvalue weighted by atomic mass is 10.5. The number of ether oxygens (including phenoxy) is 2. The quantitative estimate of drug-likeness (QED) is 0.398. The van der Waals surface area contributed by atoms with Gasteiger partial charge in [0.1, 0.15) is 0 Å². The maximum Gasteiger partial charge on any atom is 0.157 e. The van der Waals surface area contributed by atoms with Crippen LogP contribution >= 0.6 is 0 Å². The van der Waals surface area contributed by atoms with Crippen LogP contribution in [0.5, 0.6) is 0 Å². The molecule has 0 aromatic carbocycles.